The summed E-state index contributed by atoms with van der Waals surface area (Å²) in [5.41, 5.74) is 6.19. The van der Waals surface area contributed by atoms with E-state index in [0.717, 1.165) is 22.6 Å². The van der Waals surface area contributed by atoms with Crippen molar-refractivity contribution in [1.29, 1.82) is 0 Å². The molecule has 1 saturated carbocycles. The van der Waals surface area contributed by atoms with E-state index >= 15 is 0 Å². The first-order valence-corrected chi connectivity index (χ1v) is 14.0. The normalized spacial score (nSPS) is 15.0. The zero-order valence-corrected chi connectivity index (χ0v) is 25.6. The molecule has 0 spiro atoms. The molecule has 4 rings (SSSR count). The molecule has 0 bridgehead atoms. The maximum Gasteiger partial charge on any atom is 0.126 e. The standard InChI is InChI=1S/C12H17F.C10H12.C8H12.C3H8.C2H6/c1-8-6-10(12(3,4)5)7-11(13)9(8)2;1-8-2-4-9(5-3-8)10-6-7-10;1-8(2)6-4-3-5-7-8;1-3-2;1-2/h6-7H,1-5H3;2-5,10H,6-7H2,1H3;3-6H,7H2,1-2H3;3H2,1-2H3;1-2H3. The van der Waals surface area contributed by atoms with Crippen molar-refractivity contribution in [3.05, 3.63) is 94.3 Å². The molecule has 2 aliphatic carbocycles. The van der Waals surface area contributed by atoms with E-state index in [2.05, 4.69) is 110 Å². The Morgan fingerprint density at radius 2 is 1.42 bits per heavy atom. The molecule has 0 nitrogen and oxygen atoms in total. The molecule has 0 saturated heterocycles. The maximum atomic E-state index is 13.4. The van der Waals surface area contributed by atoms with Crippen LogP contribution in [0.1, 0.15) is 122 Å². The van der Waals surface area contributed by atoms with Crippen molar-refractivity contribution in [3.8, 4) is 0 Å². The van der Waals surface area contributed by atoms with Gasteiger partial charge in [-0.2, -0.15) is 0 Å². The summed E-state index contributed by atoms with van der Waals surface area (Å²) in [5, 5.41) is 0. The Balaban J connectivity index is 0.000000477. The molecule has 2 aromatic rings. The maximum absolute atomic E-state index is 13.4. The van der Waals surface area contributed by atoms with Crippen molar-refractivity contribution in [2.24, 2.45) is 5.41 Å². The zero-order valence-electron chi connectivity index (χ0n) is 25.6. The highest BCUT2D eigenvalue weighted by molar-refractivity contribution is 5.34. The molecule has 0 amide bonds. The Morgan fingerprint density at radius 1 is 0.889 bits per heavy atom. The second-order valence-electron chi connectivity index (χ2n) is 11.5. The van der Waals surface area contributed by atoms with E-state index < -0.39 is 0 Å². The minimum atomic E-state index is -0.0927. The third-order valence-electron chi connectivity index (χ3n) is 6.03. The van der Waals surface area contributed by atoms with Crippen LogP contribution in [0.5, 0.6) is 0 Å². The van der Waals surface area contributed by atoms with Crippen LogP contribution in [0.3, 0.4) is 0 Å². The molecule has 0 unspecified atom stereocenters. The predicted octanol–water partition coefficient (Wildman–Crippen LogP) is 11.6. The van der Waals surface area contributed by atoms with Gasteiger partial charge < -0.3 is 0 Å². The molecular weight excluding hydrogens is 439 g/mol. The van der Waals surface area contributed by atoms with Crippen molar-refractivity contribution in [2.75, 3.05) is 0 Å². The Labute approximate surface area is 224 Å². The number of halogens is 1. The van der Waals surface area contributed by atoms with Crippen LogP contribution in [0.25, 0.3) is 0 Å². The van der Waals surface area contributed by atoms with Crippen LogP contribution in [0, 0.1) is 32.0 Å². The number of benzene rings is 2. The summed E-state index contributed by atoms with van der Waals surface area (Å²) in [6, 6.07) is 12.6. The Bertz CT molecular complexity index is 893. The first-order valence-electron chi connectivity index (χ1n) is 14.0. The Morgan fingerprint density at radius 3 is 1.75 bits per heavy atom. The minimum Gasteiger partial charge on any atom is -0.207 e. The van der Waals surface area contributed by atoms with E-state index in [0.29, 0.717) is 5.41 Å². The first kappa shape index (κ1) is 33.8. The summed E-state index contributed by atoms with van der Waals surface area (Å²) < 4.78 is 13.4. The molecule has 0 radical (unpaired) electrons. The van der Waals surface area contributed by atoms with Gasteiger partial charge in [-0.3, -0.25) is 0 Å². The molecule has 0 N–H and O–H groups in total. The van der Waals surface area contributed by atoms with Crippen molar-refractivity contribution < 1.29 is 4.39 Å². The third kappa shape index (κ3) is 13.8. The molecule has 1 heteroatoms. The average Bonchev–Trinajstić information content (AvgIpc) is 3.65. The molecule has 36 heavy (non-hydrogen) atoms. The van der Waals surface area contributed by atoms with Crippen molar-refractivity contribution in [3.63, 3.8) is 0 Å². The second kappa shape index (κ2) is 16.6. The van der Waals surface area contributed by atoms with Crippen molar-refractivity contribution in [2.45, 2.75) is 120 Å². The molecule has 1 fully saturated rings. The van der Waals surface area contributed by atoms with Crippen LogP contribution in [0.2, 0.25) is 0 Å². The van der Waals surface area contributed by atoms with Gasteiger partial charge in [0.25, 0.3) is 0 Å². The lowest BCUT2D eigenvalue weighted by molar-refractivity contribution is 0.484. The molecule has 2 aromatic carbocycles. The summed E-state index contributed by atoms with van der Waals surface area (Å²) in [4.78, 5) is 0. The molecule has 0 atom stereocenters. The van der Waals surface area contributed by atoms with E-state index in [4.69, 9.17) is 0 Å². The molecular formula is C35H55F. The van der Waals surface area contributed by atoms with Crippen LogP contribution >= 0.6 is 0 Å². The number of rotatable bonds is 1. The SMILES string of the molecule is CC.CC1(C)C=CC=CC1.CCC.Cc1cc(C(C)(C)C)cc(F)c1C.Cc1ccc(C2CC2)cc1. The van der Waals surface area contributed by atoms with Gasteiger partial charge in [-0.25, -0.2) is 4.39 Å². The van der Waals surface area contributed by atoms with Gasteiger partial charge in [0.05, 0.1) is 0 Å². The van der Waals surface area contributed by atoms with Gasteiger partial charge in [0.2, 0.25) is 0 Å². The van der Waals surface area contributed by atoms with Gasteiger partial charge in [-0.05, 0) is 85.1 Å². The van der Waals surface area contributed by atoms with Gasteiger partial charge in [-0.15, -0.1) is 0 Å². The van der Waals surface area contributed by atoms with E-state index in [1.807, 2.05) is 27.7 Å². The fraction of sp³-hybridized carbons (Fsp3) is 0.543. The predicted molar refractivity (Wildman–Crippen MR) is 162 cm³/mol. The minimum absolute atomic E-state index is 0.0271. The van der Waals surface area contributed by atoms with Crippen LogP contribution in [-0.2, 0) is 5.41 Å². The van der Waals surface area contributed by atoms with Crippen LogP contribution in [0.15, 0.2) is 60.7 Å². The van der Waals surface area contributed by atoms with E-state index in [1.165, 1.54) is 36.8 Å². The highest BCUT2D eigenvalue weighted by Gasteiger charge is 2.22. The van der Waals surface area contributed by atoms with Crippen molar-refractivity contribution >= 4 is 0 Å². The average molecular weight is 495 g/mol. The van der Waals surface area contributed by atoms with Gasteiger partial charge in [0.1, 0.15) is 5.82 Å². The molecule has 0 aromatic heterocycles. The number of hydrogen-bond donors (Lipinski definition) is 0. The lowest BCUT2D eigenvalue weighted by Gasteiger charge is -2.20. The fourth-order valence-corrected chi connectivity index (χ4v) is 3.34. The van der Waals surface area contributed by atoms with Crippen LogP contribution in [0.4, 0.5) is 4.39 Å². The highest BCUT2D eigenvalue weighted by Crippen LogP contribution is 2.39. The summed E-state index contributed by atoms with van der Waals surface area (Å²) in [5.74, 6) is 0.811. The lowest BCUT2D eigenvalue weighted by Crippen LogP contribution is -2.12. The number of hydrogen-bond acceptors (Lipinski definition) is 0. The number of aryl methyl sites for hydroxylation is 2. The number of allylic oxidation sites excluding steroid dienone is 4. The quantitative estimate of drug-likeness (QED) is 0.370. The van der Waals surface area contributed by atoms with E-state index in [-0.39, 0.29) is 11.2 Å². The molecule has 2 aliphatic rings. The van der Waals surface area contributed by atoms with Crippen molar-refractivity contribution in [1.82, 2.24) is 0 Å². The Kier molecular flexibility index (Phi) is 15.6. The molecule has 0 heterocycles. The fourth-order valence-electron chi connectivity index (χ4n) is 3.34. The summed E-state index contributed by atoms with van der Waals surface area (Å²) >= 11 is 0. The Hall–Kier alpha value is -2.15. The second-order valence-corrected chi connectivity index (χ2v) is 11.5. The molecule has 202 valence electrons. The van der Waals surface area contributed by atoms with Gasteiger partial charge in [0, 0.05) is 0 Å². The van der Waals surface area contributed by atoms with Gasteiger partial charge >= 0.3 is 0 Å². The summed E-state index contributed by atoms with van der Waals surface area (Å²) in [6.45, 7) is 24.9. The smallest absolute Gasteiger partial charge is 0.126 e. The molecule has 0 aliphatic heterocycles. The topological polar surface area (TPSA) is 0 Å². The van der Waals surface area contributed by atoms with E-state index in [9.17, 15) is 4.39 Å². The lowest BCUT2D eigenvalue weighted by atomic mass is 9.85. The first-order chi connectivity index (χ1) is 16.8. The zero-order chi connectivity index (χ0) is 27.9. The largest absolute Gasteiger partial charge is 0.207 e. The van der Waals surface area contributed by atoms with Gasteiger partial charge in [-0.1, -0.05) is 129 Å². The van der Waals surface area contributed by atoms with Crippen LogP contribution < -0.4 is 0 Å². The van der Waals surface area contributed by atoms with Gasteiger partial charge in [0.15, 0.2) is 0 Å². The monoisotopic (exact) mass is 494 g/mol. The summed E-state index contributed by atoms with van der Waals surface area (Å²) in [6.07, 6.45) is 13.9. The third-order valence-corrected chi connectivity index (χ3v) is 6.03. The van der Waals surface area contributed by atoms with Crippen LogP contribution in [-0.4, -0.2) is 0 Å². The summed E-state index contributed by atoms with van der Waals surface area (Å²) in [7, 11) is 0. The van der Waals surface area contributed by atoms with E-state index in [1.54, 1.807) is 6.07 Å². The highest BCUT2D eigenvalue weighted by atomic mass is 19.1.